The summed E-state index contributed by atoms with van der Waals surface area (Å²) in [6.45, 7) is 2.54. The Morgan fingerprint density at radius 3 is 2.71 bits per heavy atom. The molecule has 2 N–H and O–H groups in total. The number of aliphatic carboxylic acids is 1. The van der Waals surface area contributed by atoms with Crippen molar-refractivity contribution in [3.63, 3.8) is 0 Å². The molecule has 0 bridgehead atoms. The molecule has 2 atom stereocenters. The van der Waals surface area contributed by atoms with Gasteiger partial charge >= 0.3 is 12.0 Å². The van der Waals surface area contributed by atoms with E-state index in [2.05, 4.69) is 5.32 Å². The van der Waals surface area contributed by atoms with Crippen molar-refractivity contribution < 1.29 is 14.7 Å². The fraction of sp³-hybridized carbons (Fsp3) is 0.833. The van der Waals surface area contributed by atoms with E-state index < -0.39 is 12.0 Å². The first kappa shape index (κ1) is 12.2. The predicted octanol–water partition coefficient (Wildman–Crippen LogP) is 1.43. The Morgan fingerprint density at radius 2 is 2.12 bits per heavy atom. The Morgan fingerprint density at radius 1 is 1.41 bits per heavy atom. The number of hydrogen-bond donors (Lipinski definition) is 2. The molecule has 1 heterocycles. The van der Waals surface area contributed by atoms with Gasteiger partial charge in [-0.2, -0.15) is 0 Å². The first-order valence-electron chi connectivity index (χ1n) is 6.38. The zero-order valence-electron chi connectivity index (χ0n) is 10.2. The van der Waals surface area contributed by atoms with E-state index in [9.17, 15) is 9.59 Å². The number of amides is 2. The number of carboxylic acids is 1. The second kappa shape index (κ2) is 4.94. The number of carbonyl (C=O) groups is 2. The average molecular weight is 240 g/mol. The third-order valence-electron chi connectivity index (χ3n) is 3.55. The lowest BCUT2D eigenvalue weighted by Crippen LogP contribution is -2.48. The number of carbonyl (C=O) groups excluding carboxylic acids is 1. The van der Waals surface area contributed by atoms with Crippen LogP contribution in [-0.4, -0.2) is 40.6 Å². The summed E-state index contributed by atoms with van der Waals surface area (Å²) in [4.78, 5) is 24.3. The summed E-state index contributed by atoms with van der Waals surface area (Å²) >= 11 is 0. The van der Waals surface area contributed by atoms with Crippen molar-refractivity contribution in [3.8, 4) is 0 Å². The normalized spacial score (nSPS) is 25.7. The average Bonchev–Trinajstić information content (AvgIpc) is 2.92. The van der Waals surface area contributed by atoms with Crippen LogP contribution in [0.4, 0.5) is 4.79 Å². The highest BCUT2D eigenvalue weighted by atomic mass is 16.4. The van der Waals surface area contributed by atoms with Gasteiger partial charge in [-0.05, 0) is 32.1 Å². The van der Waals surface area contributed by atoms with Crippen LogP contribution in [0.5, 0.6) is 0 Å². The quantitative estimate of drug-likeness (QED) is 0.781. The molecule has 2 amide bonds. The number of carboxylic acid groups (broad SMARTS) is 1. The summed E-state index contributed by atoms with van der Waals surface area (Å²) in [6.07, 6.45) is 4.89. The van der Waals surface area contributed by atoms with Crippen LogP contribution in [0.1, 0.15) is 39.0 Å². The maximum atomic E-state index is 11.9. The zero-order chi connectivity index (χ0) is 12.4. The van der Waals surface area contributed by atoms with E-state index in [1.165, 1.54) is 17.7 Å². The molecular formula is C12H20N2O3. The lowest BCUT2D eigenvalue weighted by atomic mass is 10.1. The van der Waals surface area contributed by atoms with Crippen molar-refractivity contribution in [2.75, 3.05) is 6.54 Å². The van der Waals surface area contributed by atoms with Crippen LogP contribution in [0.15, 0.2) is 0 Å². The van der Waals surface area contributed by atoms with Gasteiger partial charge in [-0.3, -0.25) is 0 Å². The molecule has 2 fully saturated rings. The zero-order valence-corrected chi connectivity index (χ0v) is 10.2. The van der Waals surface area contributed by atoms with Crippen LogP contribution >= 0.6 is 0 Å². The summed E-state index contributed by atoms with van der Waals surface area (Å²) in [5.41, 5.74) is 0. The number of hydrogen-bond acceptors (Lipinski definition) is 2. The fourth-order valence-corrected chi connectivity index (χ4v) is 2.47. The largest absolute Gasteiger partial charge is 0.480 e. The number of nitrogens with one attached hydrogen (secondary N) is 1. The van der Waals surface area contributed by atoms with Crippen molar-refractivity contribution >= 4 is 12.0 Å². The maximum absolute atomic E-state index is 11.9. The number of nitrogens with zero attached hydrogens (tertiary/aromatic N) is 1. The van der Waals surface area contributed by atoms with Gasteiger partial charge in [0.25, 0.3) is 0 Å². The highest BCUT2D eigenvalue weighted by molar-refractivity contribution is 5.83. The van der Waals surface area contributed by atoms with Crippen LogP contribution in [0, 0.1) is 5.92 Å². The molecule has 0 radical (unpaired) electrons. The van der Waals surface area contributed by atoms with Crippen LogP contribution in [0.3, 0.4) is 0 Å². The van der Waals surface area contributed by atoms with Crippen molar-refractivity contribution in [2.24, 2.45) is 5.92 Å². The smallest absolute Gasteiger partial charge is 0.326 e. The SMILES string of the molecule is CC(CC1CC1)NC(=O)N1CCC[C@H]1C(=O)O. The Bertz CT molecular complexity index is 315. The monoisotopic (exact) mass is 240 g/mol. The molecule has 1 saturated heterocycles. The molecule has 1 aliphatic carbocycles. The van der Waals surface area contributed by atoms with Gasteiger partial charge in [-0.25, -0.2) is 9.59 Å². The Hall–Kier alpha value is -1.26. The molecule has 0 aromatic carbocycles. The summed E-state index contributed by atoms with van der Waals surface area (Å²) < 4.78 is 0. The first-order chi connectivity index (χ1) is 8.08. The van der Waals surface area contributed by atoms with Gasteiger partial charge in [-0.1, -0.05) is 12.8 Å². The Labute approximate surface area is 101 Å². The number of urea groups is 1. The van der Waals surface area contributed by atoms with Crippen molar-refractivity contribution in [3.05, 3.63) is 0 Å². The van der Waals surface area contributed by atoms with E-state index in [-0.39, 0.29) is 12.1 Å². The van der Waals surface area contributed by atoms with Crippen LogP contribution in [-0.2, 0) is 4.79 Å². The van der Waals surface area contributed by atoms with Crippen molar-refractivity contribution in [1.82, 2.24) is 10.2 Å². The molecule has 96 valence electrons. The Kier molecular flexibility index (Phi) is 3.54. The molecule has 17 heavy (non-hydrogen) atoms. The second-order valence-corrected chi connectivity index (χ2v) is 5.22. The van der Waals surface area contributed by atoms with Gasteiger partial charge in [0.05, 0.1) is 0 Å². The van der Waals surface area contributed by atoms with E-state index in [0.717, 1.165) is 18.8 Å². The minimum Gasteiger partial charge on any atom is -0.480 e. The third kappa shape index (κ3) is 3.11. The highest BCUT2D eigenvalue weighted by Gasteiger charge is 2.34. The van der Waals surface area contributed by atoms with Gasteiger partial charge in [0, 0.05) is 12.6 Å². The molecule has 1 saturated carbocycles. The van der Waals surface area contributed by atoms with Crippen LogP contribution < -0.4 is 5.32 Å². The molecule has 0 aromatic heterocycles. The molecular weight excluding hydrogens is 220 g/mol. The van der Waals surface area contributed by atoms with Crippen LogP contribution in [0.2, 0.25) is 0 Å². The molecule has 5 nitrogen and oxygen atoms in total. The molecule has 0 spiro atoms. The van der Waals surface area contributed by atoms with E-state index in [1.54, 1.807) is 0 Å². The fourth-order valence-electron chi connectivity index (χ4n) is 2.47. The van der Waals surface area contributed by atoms with E-state index >= 15 is 0 Å². The summed E-state index contributed by atoms with van der Waals surface area (Å²) in [5.74, 6) is -0.133. The van der Waals surface area contributed by atoms with E-state index in [0.29, 0.717) is 13.0 Å². The van der Waals surface area contributed by atoms with Crippen LogP contribution in [0.25, 0.3) is 0 Å². The number of likely N-dealkylation sites (tertiary alicyclic amines) is 1. The summed E-state index contributed by atoms with van der Waals surface area (Å²) in [7, 11) is 0. The minimum absolute atomic E-state index is 0.144. The maximum Gasteiger partial charge on any atom is 0.326 e. The summed E-state index contributed by atoms with van der Waals surface area (Å²) in [6, 6.07) is -0.712. The highest BCUT2D eigenvalue weighted by Crippen LogP contribution is 2.33. The van der Waals surface area contributed by atoms with Gasteiger partial charge in [0.1, 0.15) is 6.04 Å². The van der Waals surface area contributed by atoms with Gasteiger partial charge in [-0.15, -0.1) is 0 Å². The minimum atomic E-state index is -0.896. The van der Waals surface area contributed by atoms with E-state index in [1.807, 2.05) is 6.92 Å². The van der Waals surface area contributed by atoms with Gasteiger partial charge in [0.2, 0.25) is 0 Å². The second-order valence-electron chi connectivity index (χ2n) is 5.22. The molecule has 0 aromatic rings. The van der Waals surface area contributed by atoms with Crippen molar-refractivity contribution in [1.29, 1.82) is 0 Å². The lowest BCUT2D eigenvalue weighted by molar-refractivity contribution is -0.141. The molecule has 1 unspecified atom stereocenters. The topological polar surface area (TPSA) is 69.6 Å². The Balaban J connectivity index is 1.83. The molecule has 2 aliphatic rings. The summed E-state index contributed by atoms with van der Waals surface area (Å²) in [5, 5.41) is 11.9. The van der Waals surface area contributed by atoms with Crippen molar-refractivity contribution in [2.45, 2.75) is 51.1 Å². The lowest BCUT2D eigenvalue weighted by Gasteiger charge is -2.24. The van der Waals surface area contributed by atoms with E-state index in [4.69, 9.17) is 5.11 Å². The first-order valence-corrected chi connectivity index (χ1v) is 6.38. The van der Waals surface area contributed by atoms with Gasteiger partial charge < -0.3 is 15.3 Å². The third-order valence-corrected chi connectivity index (χ3v) is 3.55. The van der Waals surface area contributed by atoms with Gasteiger partial charge in [0.15, 0.2) is 0 Å². The molecule has 1 aliphatic heterocycles. The predicted molar refractivity (Wildman–Crippen MR) is 62.7 cm³/mol. The standard InChI is InChI=1S/C12H20N2O3/c1-8(7-9-4-5-9)13-12(17)14-6-2-3-10(14)11(15)16/h8-10H,2-7H2,1H3,(H,13,17)(H,15,16)/t8?,10-/m0/s1. The number of rotatable bonds is 4. The molecule has 5 heteroatoms. The molecule has 2 rings (SSSR count).